The number of carbonyl (C=O) groups is 4. The molecule has 11 heteroatoms. The van der Waals surface area contributed by atoms with Crippen LogP contribution in [0.15, 0.2) is 40.8 Å². The number of nitrogens with two attached hydrogens (primary N) is 1. The van der Waals surface area contributed by atoms with E-state index in [0.29, 0.717) is 11.3 Å². The first-order chi connectivity index (χ1) is 16.4. The number of benzene rings is 1. The van der Waals surface area contributed by atoms with Gasteiger partial charge in [-0.15, -0.1) is 0 Å². The minimum absolute atomic E-state index is 0.0520. The lowest BCUT2D eigenvalue weighted by atomic mass is 9.90. The largest absolute Gasteiger partial charge is 0.481 e. The van der Waals surface area contributed by atoms with Crippen molar-refractivity contribution >= 4 is 29.5 Å². The summed E-state index contributed by atoms with van der Waals surface area (Å²) in [5, 5.41) is 25.6. The highest BCUT2D eigenvalue weighted by molar-refractivity contribution is 5.95. The number of nitrogens with zero attached hydrogens (tertiary/aromatic N) is 1. The lowest BCUT2D eigenvalue weighted by molar-refractivity contribution is -0.150. The van der Waals surface area contributed by atoms with Crippen molar-refractivity contribution in [3.05, 3.63) is 53.5 Å². The molecular weight excluding hydrogens is 458 g/mol. The van der Waals surface area contributed by atoms with Crippen molar-refractivity contribution in [1.29, 1.82) is 5.41 Å². The molecule has 5 N–H and O–H groups in total. The number of carboxylic acid groups (broad SMARTS) is 2. The second kappa shape index (κ2) is 11.9. The van der Waals surface area contributed by atoms with Gasteiger partial charge in [0.05, 0.1) is 24.9 Å². The zero-order chi connectivity index (χ0) is 26.3. The van der Waals surface area contributed by atoms with Gasteiger partial charge >= 0.3 is 17.9 Å². The van der Waals surface area contributed by atoms with Gasteiger partial charge in [-0.05, 0) is 49.4 Å². The Morgan fingerprint density at radius 1 is 1.06 bits per heavy atom. The fraction of sp³-hybridized carbons (Fsp3) is 0.375. The minimum atomic E-state index is -1.34. The van der Waals surface area contributed by atoms with Crippen molar-refractivity contribution in [2.24, 2.45) is 17.6 Å². The quantitative estimate of drug-likeness (QED) is 0.141. The summed E-state index contributed by atoms with van der Waals surface area (Å²) >= 11 is 0. The number of amidine groups is 1. The molecule has 0 radical (unpaired) electrons. The molecule has 2 atom stereocenters. The average Bonchev–Trinajstić information content (AvgIpc) is 3.21. The van der Waals surface area contributed by atoms with E-state index in [2.05, 4.69) is 0 Å². The number of nitrogens with one attached hydrogen (secondary N) is 1. The molecule has 0 fully saturated rings. The predicted molar refractivity (Wildman–Crippen MR) is 124 cm³/mol. The average molecular weight is 488 g/mol. The summed E-state index contributed by atoms with van der Waals surface area (Å²) in [5.74, 6) is -4.79. The molecule has 0 bridgehead atoms. The highest BCUT2D eigenvalue weighted by Crippen LogP contribution is 2.21. The van der Waals surface area contributed by atoms with E-state index < -0.39 is 48.5 Å². The second-order valence-corrected chi connectivity index (χ2v) is 8.50. The van der Waals surface area contributed by atoms with Crippen molar-refractivity contribution in [3.63, 3.8) is 0 Å². The molecule has 11 nitrogen and oxygen atoms in total. The molecule has 188 valence electrons. The van der Waals surface area contributed by atoms with E-state index in [1.807, 2.05) is 0 Å². The maximum Gasteiger partial charge on any atom is 0.379 e. The number of furan rings is 1. The molecule has 0 saturated carbocycles. The monoisotopic (exact) mass is 487 g/mol. The van der Waals surface area contributed by atoms with Gasteiger partial charge in [-0.25, -0.2) is 4.79 Å². The molecule has 0 aliphatic rings. The number of nitrogen functional groups attached to an aromatic ring is 1. The molecule has 1 aromatic heterocycles. The zero-order valence-electron chi connectivity index (χ0n) is 19.7. The highest BCUT2D eigenvalue weighted by Gasteiger charge is 2.32. The molecule has 2 aromatic rings. The third-order valence-corrected chi connectivity index (χ3v) is 5.30. The van der Waals surface area contributed by atoms with Crippen LogP contribution >= 0.6 is 0 Å². The number of hydrogen-bond acceptors (Lipinski definition) is 8. The Labute approximate surface area is 202 Å². The van der Waals surface area contributed by atoms with Crippen LogP contribution in [0, 0.1) is 17.2 Å². The lowest BCUT2D eigenvalue weighted by Crippen LogP contribution is -2.43. The standard InChI is InChI=1S/C24H29N3O8/c1-13(2)21(18(28)10-15(23(31)32)11-20(29)30)27(3)12-17-8-9-19(34-17)24(33)35-16-6-4-14(5-7-16)22(25)26/h4-9,13,15,21H,10-12H2,1-3H3,(H3,25,26)(H,29,30)(H,31,32)/t15-,21-/m0/s1. The summed E-state index contributed by atoms with van der Waals surface area (Å²) in [6.07, 6.45) is -1.05. The van der Waals surface area contributed by atoms with E-state index in [4.69, 9.17) is 25.4 Å². The summed E-state index contributed by atoms with van der Waals surface area (Å²) in [6.45, 7) is 3.74. The first-order valence-corrected chi connectivity index (χ1v) is 10.8. The van der Waals surface area contributed by atoms with Gasteiger partial charge in [-0.2, -0.15) is 0 Å². The maximum atomic E-state index is 12.9. The summed E-state index contributed by atoms with van der Waals surface area (Å²) in [6, 6.07) is 8.41. The van der Waals surface area contributed by atoms with Crippen LogP contribution in [0.1, 0.15) is 48.6 Å². The second-order valence-electron chi connectivity index (χ2n) is 8.50. The lowest BCUT2D eigenvalue weighted by Gasteiger charge is -2.30. The smallest absolute Gasteiger partial charge is 0.379 e. The van der Waals surface area contributed by atoms with Gasteiger partial charge < -0.3 is 25.1 Å². The number of Topliss-reactive ketones (excluding diaryl/α,β-unsaturated/α-hetero) is 1. The Balaban J connectivity index is 2.05. The number of carboxylic acids is 2. The molecular formula is C24H29N3O8. The van der Waals surface area contributed by atoms with Crippen LogP contribution in [0.5, 0.6) is 5.75 Å². The van der Waals surface area contributed by atoms with Gasteiger partial charge in [0.25, 0.3) is 0 Å². The zero-order valence-corrected chi connectivity index (χ0v) is 19.7. The van der Waals surface area contributed by atoms with Crippen molar-refractivity contribution in [2.75, 3.05) is 7.05 Å². The molecule has 0 saturated heterocycles. The molecule has 0 aliphatic carbocycles. The van der Waals surface area contributed by atoms with Gasteiger partial charge in [0, 0.05) is 12.0 Å². The number of likely N-dealkylation sites (N-methyl/N-ethyl adjacent to an activating group) is 1. The molecule has 2 rings (SSSR count). The van der Waals surface area contributed by atoms with Crippen molar-refractivity contribution in [2.45, 2.75) is 39.3 Å². The first kappa shape index (κ1) is 27.3. The molecule has 1 aromatic carbocycles. The Kier molecular flexibility index (Phi) is 9.29. The van der Waals surface area contributed by atoms with Crippen LogP contribution in [-0.4, -0.2) is 57.7 Å². The summed E-state index contributed by atoms with van der Waals surface area (Å²) in [4.78, 5) is 49.2. The van der Waals surface area contributed by atoms with E-state index in [9.17, 15) is 24.3 Å². The molecule has 0 amide bonds. The fourth-order valence-corrected chi connectivity index (χ4v) is 3.72. The minimum Gasteiger partial charge on any atom is -0.481 e. The highest BCUT2D eigenvalue weighted by atomic mass is 16.5. The van der Waals surface area contributed by atoms with Gasteiger partial charge in [0.15, 0.2) is 5.78 Å². The Hall–Kier alpha value is -3.99. The normalized spacial score (nSPS) is 12.8. The molecule has 0 spiro atoms. The predicted octanol–water partition coefficient (Wildman–Crippen LogP) is 2.37. The van der Waals surface area contributed by atoms with Gasteiger partial charge in [0.1, 0.15) is 17.3 Å². The maximum absolute atomic E-state index is 12.9. The van der Waals surface area contributed by atoms with Crippen LogP contribution in [0.4, 0.5) is 0 Å². The fourth-order valence-electron chi connectivity index (χ4n) is 3.72. The Morgan fingerprint density at radius 3 is 2.20 bits per heavy atom. The summed E-state index contributed by atoms with van der Waals surface area (Å²) in [5.41, 5.74) is 5.88. The van der Waals surface area contributed by atoms with Crippen molar-refractivity contribution in [3.8, 4) is 5.75 Å². The van der Waals surface area contributed by atoms with E-state index in [1.165, 1.54) is 18.2 Å². The SMILES string of the molecule is CC(C)[C@@H](C(=O)C[C@@H](CC(=O)O)C(=O)O)N(C)Cc1ccc(C(=O)Oc2ccc(C(=N)N)cc2)o1. The molecule has 0 unspecified atom stereocenters. The summed E-state index contributed by atoms with van der Waals surface area (Å²) < 4.78 is 10.8. The number of carbonyl (C=O) groups excluding carboxylic acids is 2. The topological polar surface area (TPSA) is 184 Å². The third-order valence-electron chi connectivity index (χ3n) is 5.30. The number of ether oxygens (including phenoxy) is 1. The Bertz CT molecular complexity index is 1090. The first-order valence-electron chi connectivity index (χ1n) is 10.8. The van der Waals surface area contributed by atoms with Crippen molar-refractivity contribution < 1.29 is 38.5 Å². The number of hydrogen-bond donors (Lipinski definition) is 4. The van der Waals surface area contributed by atoms with Gasteiger partial charge in [0.2, 0.25) is 5.76 Å². The van der Waals surface area contributed by atoms with Crippen LogP contribution in [-0.2, 0) is 20.9 Å². The summed E-state index contributed by atoms with van der Waals surface area (Å²) in [7, 11) is 1.66. The van der Waals surface area contributed by atoms with E-state index in [-0.39, 0.29) is 29.8 Å². The Morgan fingerprint density at radius 2 is 1.69 bits per heavy atom. The van der Waals surface area contributed by atoms with Gasteiger partial charge in [-0.3, -0.25) is 24.7 Å². The van der Waals surface area contributed by atoms with E-state index >= 15 is 0 Å². The van der Waals surface area contributed by atoms with Crippen LogP contribution in [0.2, 0.25) is 0 Å². The molecule has 1 heterocycles. The van der Waals surface area contributed by atoms with Gasteiger partial charge in [-0.1, -0.05) is 13.8 Å². The third kappa shape index (κ3) is 7.78. The molecule has 35 heavy (non-hydrogen) atoms. The number of rotatable bonds is 13. The van der Waals surface area contributed by atoms with E-state index in [0.717, 1.165) is 0 Å². The van der Waals surface area contributed by atoms with Crippen LogP contribution in [0.3, 0.4) is 0 Å². The van der Waals surface area contributed by atoms with Crippen LogP contribution in [0.25, 0.3) is 0 Å². The number of esters is 1. The van der Waals surface area contributed by atoms with Crippen molar-refractivity contribution in [1.82, 2.24) is 4.90 Å². The number of aliphatic carboxylic acids is 2. The van der Waals surface area contributed by atoms with Crippen LogP contribution < -0.4 is 10.5 Å². The molecule has 0 aliphatic heterocycles. The number of ketones is 1. The van der Waals surface area contributed by atoms with E-state index in [1.54, 1.807) is 44.0 Å².